The SMILES string of the molecule is CC.CC.CC.CC.CC.CC.CC.CC.CC(C)C1=NCC=C1.CC(C)c1ccccc1.CC(C)c1cccnc1.CC(C)c1ccco1.CC(C)c1cccs1.CC(C)c1cncs1.CC(C)c1cscn1.CC(C)n1cccn1.[I][V][I]. The van der Waals surface area contributed by atoms with Crippen molar-refractivity contribution in [2.45, 2.75) is 263 Å². The average Bonchev–Trinajstić information content (AvgIpc) is 4.41. The third-order valence-electron chi connectivity index (χ3n) is 9.42. The van der Waals surface area contributed by atoms with Crippen LogP contribution < -0.4 is 0 Å². The van der Waals surface area contributed by atoms with Gasteiger partial charge in [0.2, 0.25) is 0 Å². The number of nitrogens with zero attached hydrogens (tertiary/aromatic N) is 6. The Hall–Kier alpha value is -2.73. The van der Waals surface area contributed by atoms with Crippen molar-refractivity contribution >= 4 is 79.7 Å². The van der Waals surface area contributed by atoms with Crippen molar-refractivity contribution in [1.29, 1.82) is 0 Å². The van der Waals surface area contributed by atoms with Crippen molar-refractivity contribution in [3.8, 4) is 0 Å². The second kappa shape index (κ2) is 81.3. The van der Waals surface area contributed by atoms with Crippen molar-refractivity contribution in [1.82, 2.24) is 24.7 Å². The first kappa shape index (κ1) is 101. The Bertz CT molecular complexity index is 1890. The normalized spacial score (nSPS) is 9.41. The Morgan fingerprint density at radius 2 is 1.02 bits per heavy atom. The molecule has 0 bridgehead atoms. The minimum absolute atomic E-state index is 0.491. The number of hydrogen-bond donors (Lipinski definition) is 0. The number of thiophene rings is 1. The Kier molecular flexibility index (Phi) is 96.8. The van der Waals surface area contributed by atoms with Crippen molar-refractivity contribution in [2.75, 3.05) is 6.54 Å². The second-order valence-corrected chi connectivity index (χ2v) is 32.3. The molecule has 85 heavy (non-hydrogen) atoms. The van der Waals surface area contributed by atoms with E-state index in [0.29, 0.717) is 56.9 Å². The first-order valence-electron chi connectivity index (χ1n) is 31.8. The number of aliphatic imine (C=N–C) groups is 1. The topological polar surface area (TPSA) is 82.0 Å². The summed E-state index contributed by atoms with van der Waals surface area (Å²) in [6.45, 7) is 67.5. The number of furan rings is 1. The summed E-state index contributed by atoms with van der Waals surface area (Å²) in [6, 6.07) is 25.2. The van der Waals surface area contributed by atoms with Gasteiger partial charge in [-0.3, -0.25) is 19.6 Å². The van der Waals surface area contributed by atoms with Crippen LogP contribution in [-0.2, 0) is 9.47 Å². The maximum atomic E-state index is 5.09. The van der Waals surface area contributed by atoms with Crippen LogP contribution in [0.4, 0.5) is 0 Å². The number of hydrogen-bond acceptors (Lipinski definition) is 9. The standard InChI is InChI=1S/C9H12.C8H11N.C7H11N.C7H10O.C7H10S.C6H10N2.2C6H9NS.8C2H6.2HI.V/c1-8(2)9-6-4-3-5-7-9;1-7(2)8-4-3-5-9-6-8;3*1-6(2)7-4-3-5-8-7;1-6(2)8-5-3-4-7-8;1-5(2)6-3-8-4-7-6;1-5(2)6-3-7-4-8-6;8*1-2;;;/h3-8H,1-2H3;3-7H,1-2H3;3-4,6H,5H2,1-2H3;3*3-6H,1-2H3;2*3-5H,1-2H3;8*1-2H3;2*1H;/q;;;;;;;;;;;;;;;;;;+2/p-2. The molecule has 0 unspecified atom stereocenters. The molecule has 0 fully saturated rings. The zero-order valence-corrected chi connectivity index (χ0v) is 68.4. The second-order valence-electron chi connectivity index (χ2n) is 17.9. The van der Waals surface area contributed by atoms with Crippen LogP contribution in [0.25, 0.3) is 0 Å². The van der Waals surface area contributed by atoms with Crippen LogP contribution in [0, 0.1) is 5.92 Å². The summed E-state index contributed by atoms with van der Waals surface area (Å²) in [5.41, 5.74) is 8.90. The monoisotopic (exact) mass is 1500 g/mol. The molecule has 8 rings (SSSR count). The molecule has 1 aromatic carbocycles. The van der Waals surface area contributed by atoms with Gasteiger partial charge >= 0.3 is 49.4 Å². The number of thiazole rings is 2. The van der Waals surface area contributed by atoms with Gasteiger partial charge in [0.25, 0.3) is 0 Å². The molecule has 491 valence electrons. The first-order chi connectivity index (χ1) is 40.9. The van der Waals surface area contributed by atoms with E-state index >= 15 is 0 Å². The maximum absolute atomic E-state index is 5.09. The van der Waals surface area contributed by atoms with Gasteiger partial charge < -0.3 is 4.42 Å². The van der Waals surface area contributed by atoms with E-state index in [2.05, 4.69) is 241 Å². The van der Waals surface area contributed by atoms with Crippen LogP contribution in [0.1, 0.15) is 295 Å². The van der Waals surface area contributed by atoms with E-state index in [1.54, 1.807) is 41.3 Å². The Morgan fingerprint density at radius 1 is 0.494 bits per heavy atom. The number of rotatable bonds is 8. The van der Waals surface area contributed by atoms with E-state index < -0.39 is 0 Å². The number of allylic oxidation sites excluding steroid dienone is 1. The molecule has 1 aliphatic heterocycles. The van der Waals surface area contributed by atoms with E-state index in [1.165, 1.54) is 32.3 Å². The molecule has 0 saturated carbocycles. The van der Waals surface area contributed by atoms with Gasteiger partial charge in [-0.15, -0.1) is 34.0 Å². The summed E-state index contributed by atoms with van der Waals surface area (Å²) >= 11 is 9.95. The molecule has 7 aromatic rings. The van der Waals surface area contributed by atoms with Crippen molar-refractivity contribution in [3.63, 3.8) is 0 Å². The van der Waals surface area contributed by atoms with Crippen LogP contribution in [0.3, 0.4) is 0 Å². The van der Waals surface area contributed by atoms with Gasteiger partial charge in [0, 0.05) is 63.8 Å². The van der Waals surface area contributed by atoms with Gasteiger partial charge in [-0.1, -0.05) is 256 Å². The summed E-state index contributed by atoms with van der Waals surface area (Å²) in [5, 5.41) is 8.24. The number of benzene rings is 1. The Labute approximate surface area is 569 Å². The minimum atomic E-state index is 0.491. The van der Waals surface area contributed by atoms with E-state index in [4.69, 9.17) is 4.42 Å². The van der Waals surface area contributed by atoms with Crippen LogP contribution in [0.15, 0.2) is 153 Å². The first-order valence-corrected chi connectivity index (χ1v) is 43.5. The Morgan fingerprint density at radius 3 is 1.24 bits per heavy atom. The van der Waals surface area contributed by atoms with E-state index in [9.17, 15) is 0 Å². The predicted octanol–water partition coefficient (Wildman–Crippen LogP) is 27.9. The van der Waals surface area contributed by atoms with E-state index in [0.717, 1.165) is 12.3 Å². The van der Waals surface area contributed by atoms with Crippen LogP contribution in [-0.4, -0.2) is 37.0 Å². The molecule has 0 radical (unpaired) electrons. The van der Waals surface area contributed by atoms with Crippen LogP contribution in [0.5, 0.6) is 0 Å². The van der Waals surface area contributed by atoms with Crippen LogP contribution in [0.2, 0.25) is 0 Å². The summed E-state index contributed by atoms with van der Waals surface area (Å²) in [4.78, 5) is 19.2. The molecule has 0 aliphatic carbocycles. The molecular weight excluding hydrogens is 1370 g/mol. The Balaban J connectivity index is -0.000000107. The third-order valence-corrected chi connectivity index (χ3v) is 12.3. The molecule has 1 aliphatic rings. The molecule has 0 amide bonds. The van der Waals surface area contributed by atoms with Crippen molar-refractivity contribution < 1.29 is 13.9 Å². The molecule has 7 heterocycles. The summed E-state index contributed by atoms with van der Waals surface area (Å²) in [6.07, 6.45) is 15.3. The fourth-order valence-corrected chi connectivity index (χ4v) is 7.25. The number of aromatic nitrogens is 5. The van der Waals surface area contributed by atoms with Crippen molar-refractivity contribution in [2.24, 2.45) is 10.9 Å². The van der Waals surface area contributed by atoms with Crippen molar-refractivity contribution in [3.05, 3.63) is 176 Å². The predicted molar refractivity (Wildman–Crippen MR) is 410 cm³/mol. The zero-order valence-electron chi connectivity index (χ0n) is 60.2. The zero-order chi connectivity index (χ0) is 68.0. The fourth-order valence-electron chi connectivity index (χ4n) is 5.16. The quantitative estimate of drug-likeness (QED) is 0.142. The summed E-state index contributed by atoms with van der Waals surface area (Å²) in [7, 11) is 0.628. The van der Waals surface area contributed by atoms with Gasteiger partial charge in [-0.25, -0.2) is 4.98 Å². The van der Waals surface area contributed by atoms with Gasteiger partial charge in [0.15, 0.2) is 0 Å². The summed E-state index contributed by atoms with van der Waals surface area (Å²) in [5.74, 6) is 5.37. The van der Waals surface area contributed by atoms with Gasteiger partial charge in [-0.05, 0) is 102 Å². The number of halogens is 2. The van der Waals surface area contributed by atoms with Gasteiger partial charge in [0.05, 0.1) is 29.5 Å². The molecule has 0 N–H and O–H groups in total. The van der Waals surface area contributed by atoms with E-state index in [1.807, 2.05) is 187 Å². The summed E-state index contributed by atoms with van der Waals surface area (Å²) < 4.78 is 7.01. The molecule has 0 spiro atoms. The van der Waals surface area contributed by atoms with Gasteiger partial charge in [-0.2, -0.15) is 5.10 Å². The molecule has 0 saturated heterocycles. The molecule has 13 heteroatoms. The third kappa shape index (κ3) is 67.1. The average molecular weight is 1500 g/mol. The number of pyridine rings is 1. The molecule has 6 aromatic heterocycles. The molecule has 7 nitrogen and oxygen atoms in total. The molecular formula is C72H130I2N6OS3V. The molecule has 0 atom stereocenters. The van der Waals surface area contributed by atoms with E-state index in [-0.39, 0.29) is 0 Å². The van der Waals surface area contributed by atoms with Gasteiger partial charge in [0.1, 0.15) is 5.76 Å². The van der Waals surface area contributed by atoms with Crippen LogP contribution >= 0.6 is 74.0 Å². The fraction of sp³-hybridized carbons (Fsp3) is 0.569.